The highest BCUT2D eigenvalue weighted by molar-refractivity contribution is 6.63. The zero-order valence-corrected chi connectivity index (χ0v) is 26.3. The molecule has 4 aromatic carbocycles. The van der Waals surface area contributed by atoms with E-state index in [4.69, 9.17) is 23.2 Å². The minimum absolute atomic E-state index is 0.0349. The topological polar surface area (TPSA) is 148 Å². The summed E-state index contributed by atoms with van der Waals surface area (Å²) in [6.45, 7) is -8.95. The monoisotopic (exact) mass is 718 g/mol. The minimum Gasteiger partial charge on any atom is -0.390 e. The zero-order valence-electron chi connectivity index (χ0n) is 24.8. The molecule has 14 nitrogen and oxygen atoms in total. The standard InChI is InChI=1S/2C13H10BF2N5O2.CH2Cl2/c2*15-14(16)19(11-7-3-1-4-8-11)17-13(21(22)23)18-20(14)12-9-5-2-6-10-12;2-1-3/h2*1-10H;1H2. The number of alkyl halides is 2. The Morgan fingerprint density at radius 1 is 0.571 bits per heavy atom. The summed E-state index contributed by atoms with van der Waals surface area (Å²) in [4.78, 5) is 20.9. The molecular formula is C27H22B2Cl2F4N10O4. The molecule has 0 radical (unpaired) electrons. The summed E-state index contributed by atoms with van der Waals surface area (Å²) in [6.07, 6.45) is 0. The van der Waals surface area contributed by atoms with Gasteiger partial charge in [0.15, 0.2) is 21.6 Å². The number of hydrogen-bond donors (Lipinski definition) is 0. The van der Waals surface area contributed by atoms with E-state index in [1.807, 2.05) is 0 Å². The molecule has 0 fully saturated rings. The summed E-state index contributed by atoms with van der Waals surface area (Å²) in [7, 11) is 0. The Balaban J connectivity index is 0.000000205. The SMILES string of the molecule is ClCCl.O=[N+]([O-])C1=NN(c2ccccc2)[B-](F)(F)[N+](c2ccccc2)=N1.O=[N+]([O-])C1=NN(c2ccccc2)[B-](F)(F)[N+](c2ccccc2)=N1. The van der Waals surface area contributed by atoms with Crippen molar-refractivity contribution in [2.45, 2.75) is 0 Å². The van der Waals surface area contributed by atoms with Crippen LogP contribution in [-0.2, 0) is 0 Å². The summed E-state index contributed by atoms with van der Waals surface area (Å²) in [6, 6.07) is 30.1. The highest BCUT2D eigenvalue weighted by Crippen LogP contribution is 2.33. The summed E-state index contributed by atoms with van der Waals surface area (Å²) in [5, 5.41) is 35.8. The van der Waals surface area contributed by atoms with Crippen LogP contribution in [-0.4, -0.2) is 50.3 Å². The fourth-order valence-corrected chi connectivity index (χ4v) is 4.33. The van der Waals surface area contributed by atoms with E-state index in [-0.39, 0.29) is 28.1 Å². The van der Waals surface area contributed by atoms with E-state index in [1.54, 1.807) is 72.8 Å². The normalized spacial score (nSPS) is 15.9. The predicted octanol–water partition coefficient (Wildman–Crippen LogP) is 7.87. The molecule has 0 amide bonds. The van der Waals surface area contributed by atoms with Crippen molar-refractivity contribution in [3.63, 3.8) is 0 Å². The molecule has 6 rings (SSSR count). The highest BCUT2D eigenvalue weighted by atomic mass is 35.5. The molecule has 22 heteroatoms. The molecule has 4 aromatic rings. The first-order valence-electron chi connectivity index (χ1n) is 13.8. The van der Waals surface area contributed by atoms with Gasteiger partial charge in [0.1, 0.15) is 0 Å². The maximum Gasteiger partial charge on any atom is 0.802 e. The number of azo groups is 2. The maximum atomic E-state index is 14.8. The Kier molecular flexibility index (Phi) is 11.7. The van der Waals surface area contributed by atoms with Gasteiger partial charge < -0.3 is 37.5 Å². The minimum atomic E-state index is -4.47. The molecule has 0 unspecified atom stereocenters. The lowest BCUT2D eigenvalue weighted by atomic mass is 9.94. The molecule has 0 N–H and O–H groups in total. The van der Waals surface area contributed by atoms with Crippen LogP contribution in [0.25, 0.3) is 0 Å². The lowest BCUT2D eigenvalue weighted by Crippen LogP contribution is -2.55. The third-order valence-electron chi connectivity index (χ3n) is 6.38. The number of hydrogen-bond acceptors (Lipinski definition) is 10. The van der Waals surface area contributed by atoms with Crippen molar-refractivity contribution in [2.24, 2.45) is 20.4 Å². The van der Waals surface area contributed by atoms with E-state index in [0.29, 0.717) is 19.1 Å². The Hall–Kier alpha value is -5.75. The van der Waals surface area contributed by atoms with Gasteiger partial charge in [-0.05, 0) is 34.1 Å². The van der Waals surface area contributed by atoms with E-state index >= 15 is 0 Å². The largest absolute Gasteiger partial charge is 0.802 e. The van der Waals surface area contributed by atoms with E-state index in [9.17, 15) is 37.5 Å². The second kappa shape index (κ2) is 15.9. The fraction of sp³-hybridized carbons (Fsp3) is 0.0370. The summed E-state index contributed by atoms with van der Waals surface area (Å²) in [5.74, 6) is -1.82. The van der Waals surface area contributed by atoms with Crippen molar-refractivity contribution >= 4 is 71.8 Å². The van der Waals surface area contributed by atoms with Crippen molar-refractivity contribution in [3.05, 3.63) is 142 Å². The Morgan fingerprint density at radius 2 is 0.837 bits per heavy atom. The highest BCUT2D eigenvalue weighted by Gasteiger charge is 2.61. The van der Waals surface area contributed by atoms with Crippen LogP contribution < -0.4 is 9.84 Å². The van der Waals surface area contributed by atoms with Gasteiger partial charge >= 0.3 is 25.9 Å². The zero-order chi connectivity index (χ0) is 35.6. The smallest absolute Gasteiger partial charge is 0.390 e. The molecule has 49 heavy (non-hydrogen) atoms. The molecule has 252 valence electrons. The Bertz CT molecular complexity index is 1760. The maximum absolute atomic E-state index is 14.8. The van der Waals surface area contributed by atoms with Crippen molar-refractivity contribution in [1.29, 1.82) is 0 Å². The van der Waals surface area contributed by atoms with Crippen molar-refractivity contribution < 1.29 is 36.3 Å². The van der Waals surface area contributed by atoms with E-state index in [1.165, 1.54) is 48.5 Å². The summed E-state index contributed by atoms with van der Waals surface area (Å²) < 4.78 is 60.0. The van der Waals surface area contributed by atoms with Crippen LogP contribution in [0.4, 0.5) is 40.0 Å². The van der Waals surface area contributed by atoms with Crippen LogP contribution in [0.1, 0.15) is 0 Å². The van der Waals surface area contributed by atoms with Crippen LogP contribution in [0.5, 0.6) is 0 Å². The summed E-state index contributed by atoms with van der Waals surface area (Å²) >= 11 is 9.53. The average Bonchev–Trinajstić information content (AvgIpc) is 3.10. The van der Waals surface area contributed by atoms with Gasteiger partial charge in [-0.3, -0.25) is 0 Å². The summed E-state index contributed by atoms with van der Waals surface area (Å²) in [5.41, 5.74) is 0.140. The van der Waals surface area contributed by atoms with Crippen LogP contribution in [0.15, 0.2) is 142 Å². The van der Waals surface area contributed by atoms with Crippen LogP contribution >= 0.6 is 23.2 Å². The molecular weight excluding hydrogens is 697 g/mol. The lowest BCUT2D eigenvalue weighted by molar-refractivity contribution is -0.428. The second-order valence-electron chi connectivity index (χ2n) is 9.51. The second-order valence-corrected chi connectivity index (χ2v) is 10.3. The van der Waals surface area contributed by atoms with Gasteiger partial charge in [0.2, 0.25) is 0 Å². The molecule has 0 bridgehead atoms. The predicted molar refractivity (Wildman–Crippen MR) is 177 cm³/mol. The van der Waals surface area contributed by atoms with E-state index < -0.39 is 35.7 Å². The number of para-hydroxylation sites is 4. The van der Waals surface area contributed by atoms with Crippen molar-refractivity contribution in [1.82, 2.24) is 0 Å². The molecule has 2 aliphatic heterocycles. The molecule has 0 saturated carbocycles. The average molecular weight is 719 g/mol. The van der Waals surface area contributed by atoms with Crippen molar-refractivity contribution in [3.8, 4) is 0 Å². The first-order chi connectivity index (χ1) is 23.4. The molecule has 0 atom stereocenters. The first-order valence-corrected chi connectivity index (χ1v) is 14.9. The van der Waals surface area contributed by atoms with Crippen molar-refractivity contribution in [2.75, 3.05) is 15.2 Å². The van der Waals surface area contributed by atoms with Gasteiger partial charge in [-0.25, -0.2) is 9.84 Å². The Labute approximate surface area is 284 Å². The molecule has 0 aromatic heterocycles. The number of nitrogens with zero attached hydrogens (tertiary/aromatic N) is 10. The van der Waals surface area contributed by atoms with Gasteiger partial charge in [0.25, 0.3) is 0 Å². The number of guanidine groups is 2. The molecule has 0 saturated heterocycles. The number of hydrazone groups is 2. The van der Waals surface area contributed by atoms with Crippen LogP contribution in [0.2, 0.25) is 0 Å². The fourth-order valence-electron chi connectivity index (χ4n) is 4.33. The van der Waals surface area contributed by atoms with E-state index in [0.717, 1.165) is 0 Å². The lowest BCUT2D eigenvalue weighted by Gasteiger charge is -2.27. The molecule has 2 heterocycles. The van der Waals surface area contributed by atoms with Crippen LogP contribution in [0.3, 0.4) is 0 Å². The molecule has 0 aliphatic carbocycles. The number of halogens is 6. The number of benzene rings is 4. The molecule has 0 spiro atoms. The van der Waals surface area contributed by atoms with Gasteiger partial charge in [-0.15, -0.1) is 32.4 Å². The van der Waals surface area contributed by atoms with Crippen LogP contribution in [0, 0.1) is 20.2 Å². The Morgan fingerprint density at radius 3 is 1.10 bits per heavy atom. The molecule has 2 aliphatic rings. The van der Waals surface area contributed by atoms with Gasteiger partial charge in [-0.1, -0.05) is 72.8 Å². The number of anilines is 2. The van der Waals surface area contributed by atoms with Gasteiger partial charge in [0.05, 0.1) is 5.34 Å². The third-order valence-corrected chi connectivity index (χ3v) is 6.38. The van der Waals surface area contributed by atoms with E-state index in [2.05, 4.69) is 20.4 Å². The third kappa shape index (κ3) is 8.40. The quantitative estimate of drug-likeness (QED) is 0.0689. The van der Waals surface area contributed by atoms with Gasteiger partial charge in [0, 0.05) is 45.8 Å². The first kappa shape index (κ1) is 36.1. The van der Waals surface area contributed by atoms with Gasteiger partial charge in [-0.2, -0.15) is 0 Å². The number of nitro groups is 2. The number of rotatable bonds is 4.